The van der Waals surface area contributed by atoms with E-state index < -0.39 is 18.6 Å². The Morgan fingerprint density at radius 1 is 1.03 bits per heavy atom. The monoisotopic (exact) mass is 413 g/mol. The highest BCUT2D eigenvalue weighted by Crippen LogP contribution is 2.28. The summed E-state index contributed by atoms with van der Waals surface area (Å²) in [5.41, 5.74) is 1.35. The molecule has 1 aliphatic heterocycles. The molecular formula is C22H27N3O5. The van der Waals surface area contributed by atoms with E-state index in [9.17, 15) is 14.7 Å². The number of hydrogen-bond acceptors (Lipinski definition) is 6. The number of aliphatic hydroxyl groups excluding tert-OH is 1. The molecule has 0 saturated carbocycles. The summed E-state index contributed by atoms with van der Waals surface area (Å²) in [7, 11) is 3.15. The number of para-hydroxylation sites is 2. The average Bonchev–Trinajstić information content (AvgIpc) is 2.82. The maximum Gasteiger partial charge on any atom is 0.252 e. The largest absolute Gasteiger partial charge is 0.497 e. The van der Waals surface area contributed by atoms with Gasteiger partial charge in [0.15, 0.2) is 0 Å². The summed E-state index contributed by atoms with van der Waals surface area (Å²) >= 11 is 0. The molecule has 1 heterocycles. The maximum absolute atomic E-state index is 12.9. The van der Waals surface area contributed by atoms with Gasteiger partial charge in [0.1, 0.15) is 17.5 Å². The van der Waals surface area contributed by atoms with Crippen molar-refractivity contribution in [3.8, 4) is 11.5 Å². The average molecular weight is 413 g/mol. The van der Waals surface area contributed by atoms with E-state index in [1.807, 2.05) is 24.3 Å². The summed E-state index contributed by atoms with van der Waals surface area (Å²) in [4.78, 5) is 29.2. The van der Waals surface area contributed by atoms with Gasteiger partial charge in [0, 0.05) is 31.7 Å². The second kappa shape index (κ2) is 9.98. The highest BCUT2D eigenvalue weighted by molar-refractivity contribution is 5.98. The number of piperazine rings is 1. The van der Waals surface area contributed by atoms with Crippen molar-refractivity contribution in [3.63, 3.8) is 0 Å². The van der Waals surface area contributed by atoms with Crippen molar-refractivity contribution in [3.05, 3.63) is 54.1 Å². The van der Waals surface area contributed by atoms with E-state index in [4.69, 9.17) is 9.47 Å². The lowest BCUT2D eigenvalue weighted by molar-refractivity contribution is -0.134. The number of benzene rings is 2. The second-order valence-electron chi connectivity index (χ2n) is 6.92. The smallest absolute Gasteiger partial charge is 0.252 e. The molecule has 3 rings (SSSR count). The van der Waals surface area contributed by atoms with Gasteiger partial charge in [-0.05, 0) is 30.3 Å². The van der Waals surface area contributed by atoms with Crippen LogP contribution < -0.4 is 19.7 Å². The fourth-order valence-corrected chi connectivity index (χ4v) is 3.47. The van der Waals surface area contributed by atoms with Crippen LogP contribution in [-0.2, 0) is 4.79 Å². The summed E-state index contributed by atoms with van der Waals surface area (Å²) in [5, 5.41) is 12.3. The zero-order valence-corrected chi connectivity index (χ0v) is 17.2. The van der Waals surface area contributed by atoms with Crippen LogP contribution in [0.3, 0.4) is 0 Å². The van der Waals surface area contributed by atoms with Crippen LogP contribution in [0.2, 0.25) is 0 Å². The van der Waals surface area contributed by atoms with Crippen molar-refractivity contribution in [1.82, 2.24) is 10.2 Å². The van der Waals surface area contributed by atoms with Crippen LogP contribution >= 0.6 is 0 Å². The van der Waals surface area contributed by atoms with E-state index >= 15 is 0 Å². The SMILES string of the molecule is COc1cccc(C(=O)NC(CO)C(=O)N2CCN(c3ccccc3OC)CC2)c1. The van der Waals surface area contributed by atoms with Crippen molar-refractivity contribution < 1.29 is 24.2 Å². The Morgan fingerprint density at radius 2 is 1.77 bits per heavy atom. The second-order valence-corrected chi connectivity index (χ2v) is 6.92. The molecule has 0 bridgehead atoms. The van der Waals surface area contributed by atoms with Crippen molar-refractivity contribution in [1.29, 1.82) is 0 Å². The van der Waals surface area contributed by atoms with Crippen molar-refractivity contribution in [2.45, 2.75) is 6.04 Å². The van der Waals surface area contributed by atoms with Crippen molar-refractivity contribution in [2.75, 3.05) is 51.9 Å². The predicted molar refractivity (Wildman–Crippen MR) is 113 cm³/mol. The predicted octanol–water partition coefficient (Wildman–Crippen LogP) is 1.14. The lowest BCUT2D eigenvalue weighted by atomic mass is 10.1. The molecule has 0 spiro atoms. The standard InChI is InChI=1S/C22H27N3O5/c1-29-17-7-5-6-16(14-17)21(27)23-18(15-26)22(28)25-12-10-24(11-13-25)19-8-3-4-9-20(19)30-2/h3-9,14,18,26H,10-13,15H2,1-2H3,(H,23,27). The summed E-state index contributed by atoms with van der Waals surface area (Å²) in [5.74, 6) is 0.598. The number of aliphatic hydroxyl groups is 1. The molecular weight excluding hydrogens is 386 g/mol. The molecule has 0 radical (unpaired) electrons. The van der Waals surface area contributed by atoms with E-state index in [-0.39, 0.29) is 5.91 Å². The minimum absolute atomic E-state index is 0.298. The number of carbonyl (C=O) groups excluding carboxylic acids is 2. The third-order valence-corrected chi connectivity index (χ3v) is 5.14. The summed E-state index contributed by atoms with van der Waals surface area (Å²) in [6, 6.07) is 13.4. The number of amides is 2. The first-order chi connectivity index (χ1) is 14.6. The number of ether oxygens (including phenoxy) is 2. The first-order valence-corrected chi connectivity index (χ1v) is 9.80. The Morgan fingerprint density at radius 3 is 2.43 bits per heavy atom. The number of rotatable bonds is 7. The van der Waals surface area contributed by atoms with Gasteiger partial charge in [0.2, 0.25) is 5.91 Å². The van der Waals surface area contributed by atoms with E-state index in [1.54, 1.807) is 36.3 Å². The molecule has 8 heteroatoms. The summed E-state index contributed by atoms with van der Waals surface area (Å²) < 4.78 is 10.5. The molecule has 2 N–H and O–H groups in total. The van der Waals surface area contributed by atoms with Crippen LogP contribution in [0.5, 0.6) is 11.5 Å². The molecule has 0 aromatic heterocycles. The molecule has 0 aliphatic carbocycles. The lowest BCUT2D eigenvalue weighted by Gasteiger charge is -2.37. The van der Waals surface area contributed by atoms with E-state index in [2.05, 4.69) is 10.2 Å². The van der Waals surface area contributed by atoms with Crippen LogP contribution in [-0.4, -0.2) is 74.9 Å². The first kappa shape index (κ1) is 21.4. The molecule has 2 amide bonds. The molecule has 30 heavy (non-hydrogen) atoms. The minimum atomic E-state index is -0.999. The van der Waals surface area contributed by atoms with E-state index in [1.165, 1.54) is 7.11 Å². The van der Waals surface area contributed by atoms with Crippen LogP contribution in [0, 0.1) is 0 Å². The quantitative estimate of drug-likeness (QED) is 0.708. The van der Waals surface area contributed by atoms with Gasteiger partial charge in [-0.2, -0.15) is 0 Å². The summed E-state index contributed by atoms with van der Waals surface area (Å²) in [6.45, 7) is 1.77. The van der Waals surface area contributed by atoms with Crippen LogP contribution in [0.15, 0.2) is 48.5 Å². The van der Waals surface area contributed by atoms with E-state index in [0.29, 0.717) is 37.5 Å². The number of methoxy groups -OCH3 is 2. The molecule has 2 aromatic rings. The topological polar surface area (TPSA) is 91.3 Å². The Labute approximate surface area is 176 Å². The molecule has 1 atom stereocenters. The van der Waals surface area contributed by atoms with Crippen LogP contribution in [0.1, 0.15) is 10.4 Å². The zero-order valence-electron chi connectivity index (χ0n) is 17.2. The Hall–Kier alpha value is -3.26. The number of hydrogen-bond donors (Lipinski definition) is 2. The highest BCUT2D eigenvalue weighted by Gasteiger charge is 2.29. The molecule has 1 aliphatic rings. The van der Waals surface area contributed by atoms with Gasteiger partial charge in [-0.1, -0.05) is 18.2 Å². The maximum atomic E-state index is 12.9. The third kappa shape index (κ3) is 4.83. The Kier molecular flexibility index (Phi) is 7.13. The van der Waals surface area contributed by atoms with Crippen molar-refractivity contribution in [2.24, 2.45) is 0 Å². The molecule has 2 aromatic carbocycles. The highest BCUT2D eigenvalue weighted by atomic mass is 16.5. The van der Waals surface area contributed by atoms with Gasteiger partial charge in [-0.15, -0.1) is 0 Å². The fourth-order valence-electron chi connectivity index (χ4n) is 3.47. The lowest BCUT2D eigenvalue weighted by Crippen LogP contribution is -2.56. The molecule has 1 unspecified atom stereocenters. The van der Waals surface area contributed by atoms with Gasteiger partial charge in [0.05, 0.1) is 26.5 Å². The number of anilines is 1. The number of carbonyl (C=O) groups is 2. The normalized spacial score (nSPS) is 14.8. The zero-order chi connectivity index (χ0) is 21.5. The summed E-state index contributed by atoms with van der Waals surface area (Å²) in [6.07, 6.45) is 0. The van der Waals surface area contributed by atoms with Crippen molar-refractivity contribution >= 4 is 17.5 Å². The van der Waals surface area contributed by atoms with Gasteiger partial charge >= 0.3 is 0 Å². The Balaban J connectivity index is 1.60. The van der Waals surface area contributed by atoms with E-state index in [0.717, 1.165) is 11.4 Å². The third-order valence-electron chi connectivity index (χ3n) is 5.14. The number of nitrogens with one attached hydrogen (secondary N) is 1. The first-order valence-electron chi connectivity index (χ1n) is 9.80. The van der Waals surface area contributed by atoms with Gasteiger partial charge < -0.3 is 29.7 Å². The molecule has 160 valence electrons. The molecule has 1 fully saturated rings. The number of nitrogens with zero attached hydrogens (tertiary/aromatic N) is 2. The van der Waals surface area contributed by atoms with Crippen LogP contribution in [0.4, 0.5) is 5.69 Å². The van der Waals surface area contributed by atoms with Crippen LogP contribution in [0.25, 0.3) is 0 Å². The fraction of sp³-hybridized carbons (Fsp3) is 0.364. The van der Waals surface area contributed by atoms with Gasteiger partial charge in [0.25, 0.3) is 5.91 Å². The molecule has 1 saturated heterocycles. The van der Waals surface area contributed by atoms with Gasteiger partial charge in [-0.3, -0.25) is 9.59 Å². The minimum Gasteiger partial charge on any atom is -0.497 e. The Bertz CT molecular complexity index is 881. The van der Waals surface area contributed by atoms with Gasteiger partial charge in [-0.25, -0.2) is 0 Å². The molecule has 8 nitrogen and oxygen atoms in total.